The second kappa shape index (κ2) is 6.64. The Hall–Kier alpha value is -3.78. The summed E-state index contributed by atoms with van der Waals surface area (Å²) < 4.78 is 4.81. The zero-order chi connectivity index (χ0) is 20.1. The van der Waals surface area contributed by atoms with Crippen LogP contribution >= 0.6 is 0 Å². The monoisotopic (exact) mass is 386 g/mol. The maximum atomic E-state index is 4.49. The van der Waals surface area contributed by atoms with E-state index < -0.39 is 0 Å². The Kier molecular flexibility index (Phi) is 3.78. The van der Waals surface area contributed by atoms with Gasteiger partial charge in [0.1, 0.15) is 0 Å². The molecule has 0 radical (unpaired) electrons. The third-order valence-electron chi connectivity index (χ3n) is 6.12. The number of nitrogens with zero attached hydrogens (tertiary/aromatic N) is 2. The van der Waals surface area contributed by atoms with Gasteiger partial charge >= 0.3 is 0 Å². The Morgan fingerprint density at radius 1 is 0.467 bits per heavy atom. The largest absolute Gasteiger partial charge is 0.336 e. The van der Waals surface area contributed by atoms with Gasteiger partial charge < -0.3 is 9.13 Å². The zero-order valence-electron chi connectivity index (χ0n) is 16.8. The minimum absolute atomic E-state index is 0.800. The van der Waals surface area contributed by atoms with Gasteiger partial charge in [-0.1, -0.05) is 79.4 Å². The second-order valence-corrected chi connectivity index (χ2v) is 7.99. The molecule has 0 unspecified atom stereocenters. The maximum Gasteiger partial charge on any atom is 0.0494 e. The standard InChI is InChI=1S/C28H22N2/c1-20(18-29-25-14-6-2-10-21(25)22-11-3-7-15-26(22)29)19-30-27-16-8-4-12-23(27)24-13-5-9-17-28(24)30/h2-17H,1,18-19H2. The first kappa shape index (κ1) is 17.1. The molecule has 6 aromatic rings. The summed E-state index contributed by atoms with van der Waals surface area (Å²) in [7, 11) is 0. The number of fused-ring (bicyclic) bond motifs is 6. The molecule has 0 atom stereocenters. The number of rotatable bonds is 4. The average Bonchev–Trinajstić information content (AvgIpc) is 3.28. The van der Waals surface area contributed by atoms with E-state index in [1.165, 1.54) is 49.2 Å². The van der Waals surface area contributed by atoms with Crippen LogP contribution in [-0.2, 0) is 13.1 Å². The molecule has 30 heavy (non-hydrogen) atoms. The Bertz CT molecular complexity index is 1340. The van der Waals surface area contributed by atoms with Gasteiger partial charge in [-0.15, -0.1) is 0 Å². The van der Waals surface area contributed by atoms with Gasteiger partial charge in [-0.05, 0) is 29.8 Å². The lowest BCUT2D eigenvalue weighted by Gasteiger charge is -2.13. The van der Waals surface area contributed by atoms with Crippen molar-refractivity contribution < 1.29 is 0 Å². The lowest BCUT2D eigenvalue weighted by molar-refractivity contribution is 0.747. The normalized spacial score (nSPS) is 11.7. The molecule has 0 saturated carbocycles. The number of allylic oxidation sites excluding steroid dienone is 1. The van der Waals surface area contributed by atoms with Crippen molar-refractivity contribution in [2.24, 2.45) is 0 Å². The highest BCUT2D eigenvalue weighted by Gasteiger charge is 2.13. The van der Waals surface area contributed by atoms with Gasteiger partial charge in [-0.25, -0.2) is 0 Å². The van der Waals surface area contributed by atoms with Crippen molar-refractivity contribution >= 4 is 43.6 Å². The molecule has 4 aromatic carbocycles. The first-order valence-corrected chi connectivity index (χ1v) is 10.4. The molecule has 6 rings (SSSR count). The third-order valence-corrected chi connectivity index (χ3v) is 6.12. The average molecular weight is 386 g/mol. The third kappa shape index (κ3) is 2.50. The molecule has 0 aliphatic carbocycles. The van der Waals surface area contributed by atoms with Crippen molar-refractivity contribution in [2.45, 2.75) is 13.1 Å². The SMILES string of the molecule is C=C(Cn1c2ccccc2c2ccccc21)Cn1c2ccccc2c2ccccc21. The molecule has 0 amide bonds. The van der Waals surface area contributed by atoms with Gasteiger partial charge in [0.05, 0.1) is 0 Å². The van der Waals surface area contributed by atoms with Crippen LogP contribution in [0.5, 0.6) is 0 Å². The fraction of sp³-hybridized carbons (Fsp3) is 0.0714. The van der Waals surface area contributed by atoms with Crippen molar-refractivity contribution in [3.05, 3.63) is 109 Å². The minimum atomic E-state index is 0.800. The Balaban J connectivity index is 1.45. The number of benzene rings is 4. The van der Waals surface area contributed by atoms with Gasteiger partial charge in [0.15, 0.2) is 0 Å². The van der Waals surface area contributed by atoms with Gasteiger partial charge in [-0.2, -0.15) is 0 Å². The van der Waals surface area contributed by atoms with Gasteiger partial charge in [0.2, 0.25) is 0 Å². The summed E-state index contributed by atoms with van der Waals surface area (Å²) in [5.41, 5.74) is 6.25. The first-order valence-electron chi connectivity index (χ1n) is 10.4. The van der Waals surface area contributed by atoms with E-state index in [0.29, 0.717) is 0 Å². The summed E-state index contributed by atoms with van der Waals surface area (Å²) in [6.45, 7) is 6.09. The quantitative estimate of drug-likeness (QED) is 0.285. The van der Waals surface area contributed by atoms with Crippen LogP contribution < -0.4 is 0 Å². The first-order chi connectivity index (χ1) is 14.8. The summed E-state index contributed by atoms with van der Waals surface area (Å²) in [4.78, 5) is 0. The summed E-state index contributed by atoms with van der Waals surface area (Å²) in [6.07, 6.45) is 0. The van der Waals surface area contributed by atoms with Crippen LogP contribution in [0.3, 0.4) is 0 Å². The van der Waals surface area contributed by atoms with Gasteiger partial charge in [-0.3, -0.25) is 0 Å². The number of aromatic nitrogens is 2. The van der Waals surface area contributed by atoms with Crippen LogP contribution in [0.25, 0.3) is 43.6 Å². The predicted molar refractivity (Wildman–Crippen MR) is 128 cm³/mol. The smallest absolute Gasteiger partial charge is 0.0494 e. The van der Waals surface area contributed by atoms with Crippen LogP contribution in [0.2, 0.25) is 0 Å². The Morgan fingerprint density at radius 3 is 1.03 bits per heavy atom. The summed E-state index contributed by atoms with van der Waals surface area (Å²) in [5, 5.41) is 5.21. The van der Waals surface area contributed by atoms with Crippen LogP contribution in [0.1, 0.15) is 0 Å². The van der Waals surface area contributed by atoms with E-state index in [2.05, 4.69) is 113 Å². The lowest BCUT2D eigenvalue weighted by atomic mass is 10.2. The van der Waals surface area contributed by atoms with Crippen LogP contribution in [0.4, 0.5) is 0 Å². The van der Waals surface area contributed by atoms with Gasteiger partial charge in [0.25, 0.3) is 0 Å². The van der Waals surface area contributed by atoms with Crippen molar-refractivity contribution in [2.75, 3.05) is 0 Å². The highest BCUT2D eigenvalue weighted by Crippen LogP contribution is 2.31. The molecule has 144 valence electrons. The van der Waals surface area contributed by atoms with Crippen molar-refractivity contribution in [1.29, 1.82) is 0 Å². The van der Waals surface area contributed by atoms with Crippen molar-refractivity contribution in [3.63, 3.8) is 0 Å². The fourth-order valence-corrected chi connectivity index (χ4v) is 4.84. The molecule has 2 heterocycles. The number of hydrogen-bond acceptors (Lipinski definition) is 0. The molecule has 0 fully saturated rings. The van der Waals surface area contributed by atoms with Crippen molar-refractivity contribution in [1.82, 2.24) is 9.13 Å². The molecule has 2 aromatic heterocycles. The summed E-state index contributed by atoms with van der Waals surface area (Å²) in [5.74, 6) is 0. The summed E-state index contributed by atoms with van der Waals surface area (Å²) >= 11 is 0. The fourth-order valence-electron chi connectivity index (χ4n) is 4.84. The van der Waals surface area contributed by atoms with E-state index in [9.17, 15) is 0 Å². The molecular weight excluding hydrogens is 364 g/mol. The Labute approximate surface area is 175 Å². The number of para-hydroxylation sites is 4. The Morgan fingerprint density at radius 2 is 0.733 bits per heavy atom. The highest BCUT2D eigenvalue weighted by molar-refractivity contribution is 6.09. The molecule has 0 bridgehead atoms. The van der Waals surface area contributed by atoms with E-state index in [1.54, 1.807) is 0 Å². The lowest BCUT2D eigenvalue weighted by Crippen LogP contribution is -2.07. The zero-order valence-corrected chi connectivity index (χ0v) is 16.8. The highest BCUT2D eigenvalue weighted by atomic mass is 15.0. The molecule has 0 N–H and O–H groups in total. The topological polar surface area (TPSA) is 9.86 Å². The van der Waals surface area contributed by atoms with E-state index in [4.69, 9.17) is 0 Å². The van der Waals surface area contributed by atoms with Crippen LogP contribution in [-0.4, -0.2) is 9.13 Å². The van der Waals surface area contributed by atoms with E-state index in [1.807, 2.05) is 0 Å². The molecule has 0 spiro atoms. The summed E-state index contributed by atoms with van der Waals surface area (Å²) in [6, 6.07) is 34.6. The molecular formula is C28H22N2. The molecule has 0 aliphatic rings. The van der Waals surface area contributed by atoms with E-state index >= 15 is 0 Å². The molecule has 0 saturated heterocycles. The number of hydrogen-bond donors (Lipinski definition) is 0. The minimum Gasteiger partial charge on any atom is -0.336 e. The van der Waals surface area contributed by atoms with E-state index in [0.717, 1.165) is 13.1 Å². The van der Waals surface area contributed by atoms with Crippen LogP contribution in [0, 0.1) is 0 Å². The molecule has 2 nitrogen and oxygen atoms in total. The van der Waals surface area contributed by atoms with Crippen molar-refractivity contribution in [3.8, 4) is 0 Å². The molecule has 0 aliphatic heterocycles. The van der Waals surface area contributed by atoms with E-state index in [-0.39, 0.29) is 0 Å². The second-order valence-electron chi connectivity index (χ2n) is 7.99. The van der Waals surface area contributed by atoms with Crippen LogP contribution in [0.15, 0.2) is 109 Å². The van der Waals surface area contributed by atoms with Gasteiger partial charge in [0, 0.05) is 56.7 Å². The predicted octanol–water partition coefficient (Wildman–Crippen LogP) is 7.16. The molecule has 2 heteroatoms. The maximum absolute atomic E-state index is 4.49.